The monoisotopic (exact) mass is 987 g/mol. The first kappa shape index (κ1) is 44.6. The van der Waals surface area contributed by atoms with Gasteiger partial charge >= 0.3 is 0 Å². The van der Waals surface area contributed by atoms with Gasteiger partial charge in [-0.05, 0) is 186 Å². The predicted molar refractivity (Wildman–Crippen MR) is 320 cm³/mol. The van der Waals surface area contributed by atoms with Gasteiger partial charge in [0, 0.05) is 26.6 Å². The lowest BCUT2D eigenvalue weighted by atomic mass is 9.51. The molecular formula is C74H53NS. The molecule has 15 rings (SSSR count). The number of allylic oxidation sites excluding steroid dienone is 5. The highest BCUT2D eigenvalue weighted by molar-refractivity contribution is 7.20. The Morgan fingerprint density at radius 2 is 0.803 bits per heavy atom. The number of thiophene rings is 1. The predicted octanol–water partition coefficient (Wildman–Crippen LogP) is 19.5. The van der Waals surface area contributed by atoms with Gasteiger partial charge in [0.25, 0.3) is 0 Å². The molecule has 2 heteroatoms. The fourth-order valence-electron chi connectivity index (χ4n) is 13.7. The third-order valence-electron chi connectivity index (χ3n) is 17.0. The molecule has 1 spiro atoms. The lowest BCUT2D eigenvalue weighted by Crippen LogP contribution is -2.45. The normalized spacial score (nSPS) is 15.2. The van der Waals surface area contributed by atoms with Crippen molar-refractivity contribution in [2.24, 2.45) is 0 Å². The molecule has 0 unspecified atom stereocenters. The Morgan fingerprint density at radius 3 is 1.38 bits per heavy atom. The van der Waals surface area contributed by atoms with Crippen LogP contribution in [0, 0.1) is 0 Å². The number of fused-ring (bicyclic) bond motifs is 11. The number of anilines is 3. The third kappa shape index (κ3) is 6.77. The SMILES string of the molecule is C1=CC2=C(CC1)C1(c3ccc(-c4ccc(N(c5ccc(-c6ccccc6)cc5)c5ccc(-c6ccc7sc8c(c7c6)CCC=C8)cc5)cc4)cc32)c2ccccc2C(c2ccccc2)(c2ccccc2)c2ccccc21. The molecule has 0 saturated carbocycles. The zero-order chi connectivity index (χ0) is 50.2. The summed E-state index contributed by atoms with van der Waals surface area (Å²) >= 11 is 1.91. The van der Waals surface area contributed by atoms with Crippen LogP contribution in [0.1, 0.15) is 74.2 Å². The second-order valence-corrected chi connectivity index (χ2v) is 21.9. The highest BCUT2D eigenvalue weighted by Gasteiger charge is 2.57. The summed E-state index contributed by atoms with van der Waals surface area (Å²) in [4.78, 5) is 3.81. The van der Waals surface area contributed by atoms with E-state index in [1.807, 2.05) is 11.3 Å². The van der Waals surface area contributed by atoms with Crippen molar-refractivity contribution in [2.75, 3.05) is 4.90 Å². The molecule has 1 aromatic heterocycles. The Balaban J connectivity index is 0.833. The summed E-state index contributed by atoms with van der Waals surface area (Å²) in [7, 11) is 0. The van der Waals surface area contributed by atoms with Crippen LogP contribution in [0.25, 0.3) is 55.1 Å². The lowest BCUT2D eigenvalue weighted by molar-refractivity contribution is 0.599. The van der Waals surface area contributed by atoms with Crippen LogP contribution < -0.4 is 4.90 Å². The van der Waals surface area contributed by atoms with Crippen molar-refractivity contribution in [1.82, 2.24) is 0 Å². The van der Waals surface area contributed by atoms with Gasteiger partial charge in [-0.25, -0.2) is 0 Å². The van der Waals surface area contributed by atoms with E-state index in [-0.39, 0.29) is 0 Å². The molecular weight excluding hydrogens is 935 g/mol. The van der Waals surface area contributed by atoms with Gasteiger partial charge in [0.1, 0.15) is 0 Å². The average molecular weight is 988 g/mol. The van der Waals surface area contributed by atoms with E-state index >= 15 is 0 Å². The maximum atomic E-state index is 2.49. The third-order valence-corrected chi connectivity index (χ3v) is 18.2. The van der Waals surface area contributed by atoms with Crippen molar-refractivity contribution in [3.8, 4) is 33.4 Å². The van der Waals surface area contributed by atoms with Crippen LogP contribution in [-0.2, 0) is 17.3 Å². The minimum absolute atomic E-state index is 0.447. The molecule has 0 bridgehead atoms. The minimum atomic E-state index is -0.507. The first-order valence-electron chi connectivity index (χ1n) is 26.9. The van der Waals surface area contributed by atoms with E-state index in [4.69, 9.17) is 0 Å². The number of nitrogens with zero attached hydrogens (tertiary/aromatic N) is 1. The zero-order valence-corrected chi connectivity index (χ0v) is 43.0. The molecule has 1 nitrogen and oxygen atoms in total. The van der Waals surface area contributed by atoms with Gasteiger partial charge in [-0.15, -0.1) is 11.3 Å². The van der Waals surface area contributed by atoms with Gasteiger partial charge in [-0.2, -0.15) is 0 Å². The van der Waals surface area contributed by atoms with Crippen LogP contribution >= 0.6 is 11.3 Å². The molecule has 4 aliphatic carbocycles. The van der Waals surface area contributed by atoms with Crippen LogP contribution in [0.2, 0.25) is 0 Å². The van der Waals surface area contributed by atoms with Crippen molar-refractivity contribution in [3.63, 3.8) is 0 Å². The second kappa shape index (κ2) is 17.9. The molecule has 0 amide bonds. The van der Waals surface area contributed by atoms with Crippen molar-refractivity contribution in [1.29, 1.82) is 0 Å². The Kier molecular flexibility index (Phi) is 10.5. The molecule has 0 fully saturated rings. The standard InChI is InChI=1S/C74H53NS/c1-4-18-50(19-5-1)51-32-40-58(41-33-51)75(60-44-36-53(37-45-60)55-39-47-72-64(49-55)62-25-11-17-31-71(62)76-72)59-42-34-52(35-43-59)54-38-46-66-63(48-54)61-24-10-12-26-65(61)74(66)69-29-15-13-27-67(69)73(56-20-6-2-7-21-56,57-22-8-3-9-23-57)68-28-14-16-30-70(68)74/h1-10,13-24,27-49H,11-12,25-26H2. The van der Waals surface area contributed by atoms with Gasteiger partial charge in [0.05, 0.1) is 10.8 Å². The summed E-state index contributed by atoms with van der Waals surface area (Å²) in [5, 5.41) is 1.40. The van der Waals surface area contributed by atoms with E-state index in [1.54, 1.807) is 0 Å². The lowest BCUT2D eigenvalue weighted by Gasteiger charge is -2.50. The van der Waals surface area contributed by atoms with Gasteiger partial charge in [-0.1, -0.05) is 212 Å². The molecule has 0 saturated heterocycles. The maximum absolute atomic E-state index is 2.49. The highest BCUT2D eigenvalue weighted by atomic mass is 32.1. The van der Waals surface area contributed by atoms with Crippen molar-refractivity contribution in [3.05, 3.63) is 327 Å². The van der Waals surface area contributed by atoms with Gasteiger partial charge in [0.2, 0.25) is 0 Å². The molecule has 76 heavy (non-hydrogen) atoms. The largest absolute Gasteiger partial charge is 0.311 e. The highest BCUT2D eigenvalue weighted by Crippen LogP contribution is 2.65. The molecule has 4 aliphatic rings. The average Bonchev–Trinajstić information content (AvgIpc) is 4.06. The van der Waals surface area contributed by atoms with E-state index < -0.39 is 10.8 Å². The summed E-state index contributed by atoms with van der Waals surface area (Å²) in [6, 6.07) is 93.6. The van der Waals surface area contributed by atoms with E-state index in [1.165, 1.54) is 110 Å². The summed E-state index contributed by atoms with van der Waals surface area (Å²) in [6.07, 6.45) is 13.7. The molecule has 0 radical (unpaired) electrons. The van der Waals surface area contributed by atoms with E-state index in [0.29, 0.717) is 0 Å². The zero-order valence-electron chi connectivity index (χ0n) is 42.2. The molecule has 11 aromatic rings. The number of aryl methyl sites for hydroxylation is 1. The smallest absolute Gasteiger partial charge is 0.0708 e. The second-order valence-electron chi connectivity index (χ2n) is 20.9. The Labute approximate surface area is 449 Å². The van der Waals surface area contributed by atoms with Gasteiger partial charge < -0.3 is 4.90 Å². The molecule has 360 valence electrons. The number of benzene rings is 10. The molecule has 0 N–H and O–H groups in total. The fourth-order valence-corrected chi connectivity index (χ4v) is 14.9. The van der Waals surface area contributed by atoms with Crippen LogP contribution in [-0.4, -0.2) is 0 Å². The number of rotatable bonds is 8. The molecule has 0 atom stereocenters. The maximum Gasteiger partial charge on any atom is 0.0708 e. The van der Waals surface area contributed by atoms with E-state index in [9.17, 15) is 0 Å². The number of hydrogen-bond donors (Lipinski definition) is 0. The van der Waals surface area contributed by atoms with Crippen LogP contribution in [0.5, 0.6) is 0 Å². The molecule has 10 aromatic carbocycles. The van der Waals surface area contributed by atoms with E-state index in [2.05, 4.69) is 278 Å². The van der Waals surface area contributed by atoms with Gasteiger partial charge in [0.15, 0.2) is 0 Å². The summed E-state index contributed by atoms with van der Waals surface area (Å²) in [5.74, 6) is 0. The Hall–Kier alpha value is -8.82. The first-order chi connectivity index (χ1) is 37.7. The first-order valence-corrected chi connectivity index (χ1v) is 27.7. The van der Waals surface area contributed by atoms with Crippen molar-refractivity contribution in [2.45, 2.75) is 36.5 Å². The summed E-state index contributed by atoms with van der Waals surface area (Å²) in [5.41, 5.74) is 24.8. The van der Waals surface area contributed by atoms with Crippen molar-refractivity contribution < 1.29 is 0 Å². The van der Waals surface area contributed by atoms with Crippen molar-refractivity contribution >= 4 is 50.1 Å². The number of hydrogen-bond acceptors (Lipinski definition) is 2. The van der Waals surface area contributed by atoms with Crippen LogP contribution in [0.3, 0.4) is 0 Å². The summed E-state index contributed by atoms with van der Waals surface area (Å²) < 4.78 is 1.37. The topological polar surface area (TPSA) is 3.24 Å². The summed E-state index contributed by atoms with van der Waals surface area (Å²) in [6.45, 7) is 0. The molecule has 1 heterocycles. The minimum Gasteiger partial charge on any atom is -0.311 e. The fraction of sp³-hybridized carbons (Fsp3) is 0.0811. The van der Waals surface area contributed by atoms with Crippen LogP contribution in [0.4, 0.5) is 17.1 Å². The molecule has 0 aliphatic heterocycles. The van der Waals surface area contributed by atoms with Gasteiger partial charge in [-0.3, -0.25) is 0 Å². The van der Waals surface area contributed by atoms with Crippen LogP contribution in [0.15, 0.2) is 273 Å². The van der Waals surface area contributed by atoms with E-state index in [0.717, 1.165) is 42.7 Å². The Bertz CT molecular complexity index is 4030. The Morgan fingerprint density at radius 1 is 0.355 bits per heavy atom. The quantitative estimate of drug-likeness (QED) is 0.147.